The van der Waals surface area contributed by atoms with Crippen LogP contribution in [-0.4, -0.2) is 32.2 Å². The van der Waals surface area contributed by atoms with E-state index >= 15 is 0 Å². The van der Waals surface area contributed by atoms with Crippen molar-refractivity contribution >= 4 is 11.6 Å². The molecular weight excluding hydrogens is 320 g/mol. The Kier molecular flexibility index (Phi) is 5.26. The lowest BCUT2D eigenvalue weighted by Gasteiger charge is -2.11. The molecule has 1 heterocycles. The molecule has 0 aliphatic heterocycles. The molecule has 3 aromatic rings. The lowest BCUT2D eigenvalue weighted by Crippen LogP contribution is -2.12. The standard InChI is InChI=1S/C18H16N4O3/c23-15(11-16(24)18-19-21-22-20-18)10-14-8-4-5-9-17(14)25-12-13-6-2-1-3-7-13/h1-9H,10-12H2,(H,19,20,21,22). The number of Topliss-reactive ketones (excluding diaryl/α,β-unsaturated/α-hetero) is 2. The van der Waals surface area contributed by atoms with Crippen molar-refractivity contribution in [1.29, 1.82) is 0 Å². The Bertz CT molecular complexity index is 848. The number of para-hydroxylation sites is 1. The number of nitrogens with zero attached hydrogens (tertiary/aromatic N) is 3. The third-order valence-electron chi connectivity index (χ3n) is 3.55. The second kappa shape index (κ2) is 7.96. The van der Waals surface area contributed by atoms with Crippen LogP contribution in [0, 0.1) is 0 Å². The predicted octanol–water partition coefficient (Wildman–Crippen LogP) is 2.16. The zero-order valence-corrected chi connectivity index (χ0v) is 13.4. The number of aromatic nitrogens is 4. The van der Waals surface area contributed by atoms with Crippen molar-refractivity contribution in [1.82, 2.24) is 20.6 Å². The predicted molar refractivity (Wildman–Crippen MR) is 89.1 cm³/mol. The van der Waals surface area contributed by atoms with Crippen LogP contribution in [0.4, 0.5) is 0 Å². The van der Waals surface area contributed by atoms with Gasteiger partial charge in [0.15, 0.2) is 0 Å². The maximum atomic E-state index is 12.2. The molecule has 7 heteroatoms. The van der Waals surface area contributed by atoms with E-state index in [9.17, 15) is 9.59 Å². The average molecular weight is 336 g/mol. The molecule has 3 rings (SSSR count). The van der Waals surface area contributed by atoms with Gasteiger partial charge in [-0.05, 0) is 16.8 Å². The van der Waals surface area contributed by atoms with E-state index in [1.165, 1.54) is 0 Å². The first kappa shape index (κ1) is 16.5. The molecule has 0 aliphatic carbocycles. The number of carbonyl (C=O) groups is 2. The monoisotopic (exact) mass is 336 g/mol. The summed E-state index contributed by atoms with van der Waals surface area (Å²) in [7, 11) is 0. The van der Waals surface area contributed by atoms with Gasteiger partial charge < -0.3 is 4.74 Å². The molecule has 0 unspecified atom stereocenters. The first-order chi connectivity index (χ1) is 12.2. The summed E-state index contributed by atoms with van der Waals surface area (Å²) in [5.41, 5.74) is 1.78. The summed E-state index contributed by atoms with van der Waals surface area (Å²) < 4.78 is 5.82. The number of nitrogens with one attached hydrogen (secondary N) is 1. The summed E-state index contributed by atoms with van der Waals surface area (Å²) in [6.07, 6.45) is -0.166. The fourth-order valence-electron chi connectivity index (χ4n) is 2.34. The van der Waals surface area contributed by atoms with Crippen molar-refractivity contribution in [2.45, 2.75) is 19.4 Å². The summed E-state index contributed by atoms with van der Waals surface area (Å²) in [6, 6.07) is 17.1. The SMILES string of the molecule is O=C(CC(=O)c1nn[nH]n1)Cc1ccccc1OCc1ccccc1. The lowest BCUT2D eigenvalue weighted by atomic mass is 10.0. The first-order valence-electron chi connectivity index (χ1n) is 7.75. The van der Waals surface area contributed by atoms with Crippen LogP contribution in [0.25, 0.3) is 0 Å². The molecule has 25 heavy (non-hydrogen) atoms. The van der Waals surface area contributed by atoms with Crippen molar-refractivity contribution in [2.24, 2.45) is 0 Å². The number of hydrogen-bond acceptors (Lipinski definition) is 6. The minimum absolute atomic E-state index is 0.0815. The molecule has 2 aromatic carbocycles. The van der Waals surface area contributed by atoms with Crippen LogP contribution >= 0.6 is 0 Å². The lowest BCUT2D eigenvalue weighted by molar-refractivity contribution is -0.117. The first-order valence-corrected chi connectivity index (χ1v) is 7.75. The van der Waals surface area contributed by atoms with Gasteiger partial charge in [-0.3, -0.25) is 9.59 Å². The van der Waals surface area contributed by atoms with E-state index in [-0.39, 0.29) is 24.4 Å². The maximum absolute atomic E-state index is 12.2. The Morgan fingerprint density at radius 3 is 2.52 bits per heavy atom. The smallest absolute Gasteiger partial charge is 0.240 e. The highest BCUT2D eigenvalue weighted by molar-refractivity contribution is 6.06. The normalized spacial score (nSPS) is 10.4. The number of carbonyl (C=O) groups excluding carboxylic acids is 2. The molecule has 126 valence electrons. The quantitative estimate of drug-likeness (QED) is 0.500. The van der Waals surface area contributed by atoms with Gasteiger partial charge in [-0.1, -0.05) is 48.5 Å². The molecule has 0 atom stereocenters. The third-order valence-corrected chi connectivity index (χ3v) is 3.55. The van der Waals surface area contributed by atoms with E-state index in [2.05, 4.69) is 20.6 Å². The summed E-state index contributed by atoms with van der Waals surface area (Å²) in [4.78, 5) is 24.0. The third kappa shape index (κ3) is 4.57. The molecule has 0 aliphatic rings. The summed E-state index contributed by atoms with van der Waals surface area (Å²) in [6.45, 7) is 0.411. The zero-order chi connectivity index (χ0) is 17.5. The number of aromatic amines is 1. The van der Waals surface area contributed by atoms with Crippen LogP contribution in [0.15, 0.2) is 54.6 Å². The fourth-order valence-corrected chi connectivity index (χ4v) is 2.34. The van der Waals surface area contributed by atoms with Crippen molar-refractivity contribution in [3.05, 3.63) is 71.5 Å². The van der Waals surface area contributed by atoms with Gasteiger partial charge in [0.2, 0.25) is 11.6 Å². The molecule has 0 bridgehead atoms. The van der Waals surface area contributed by atoms with Gasteiger partial charge in [0, 0.05) is 12.0 Å². The molecule has 1 aromatic heterocycles. The van der Waals surface area contributed by atoms with E-state index in [0.717, 1.165) is 11.1 Å². The van der Waals surface area contributed by atoms with Crippen LogP contribution in [0.2, 0.25) is 0 Å². The number of benzene rings is 2. The van der Waals surface area contributed by atoms with Gasteiger partial charge in [-0.15, -0.1) is 10.2 Å². The number of hydrogen-bond donors (Lipinski definition) is 1. The summed E-state index contributed by atoms with van der Waals surface area (Å²) in [5, 5.41) is 12.7. The highest BCUT2D eigenvalue weighted by Crippen LogP contribution is 2.20. The van der Waals surface area contributed by atoms with Gasteiger partial charge in [0.05, 0.1) is 6.42 Å². The Balaban J connectivity index is 1.62. The van der Waals surface area contributed by atoms with E-state index < -0.39 is 5.78 Å². The molecule has 0 saturated carbocycles. The number of tetrazole rings is 1. The van der Waals surface area contributed by atoms with Crippen LogP contribution in [0.5, 0.6) is 5.75 Å². The maximum Gasteiger partial charge on any atom is 0.240 e. The van der Waals surface area contributed by atoms with Gasteiger partial charge in [-0.2, -0.15) is 5.21 Å². The summed E-state index contributed by atoms with van der Waals surface area (Å²) in [5.74, 6) is -0.138. The van der Waals surface area contributed by atoms with Crippen LogP contribution in [0.3, 0.4) is 0 Å². The minimum atomic E-state index is -0.457. The van der Waals surface area contributed by atoms with Crippen molar-refractivity contribution in [2.75, 3.05) is 0 Å². The van der Waals surface area contributed by atoms with E-state index in [1.54, 1.807) is 0 Å². The Hall–Kier alpha value is -3.35. The molecule has 0 amide bonds. The molecule has 0 fully saturated rings. The molecule has 7 nitrogen and oxygen atoms in total. The number of ketones is 2. The van der Waals surface area contributed by atoms with Gasteiger partial charge in [0.25, 0.3) is 0 Å². The molecule has 0 saturated heterocycles. The largest absolute Gasteiger partial charge is 0.489 e. The van der Waals surface area contributed by atoms with E-state index in [4.69, 9.17) is 4.74 Å². The molecule has 0 spiro atoms. The topological polar surface area (TPSA) is 97.8 Å². The van der Waals surface area contributed by atoms with Crippen LogP contribution in [-0.2, 0) is 17.8 Å². The molecule has 1 N–H and O–H groups in total. The highest BCUT2D eigenvalue weighted by atomic mass is 16.5. The van der Waals surface area contributed by atoms with Gasteiger partial charge in [-0.25, -0.2) is 0 Å². The molecule has 0 radical (unpaired) electrons. The van der Waals surface area contributed by atoms with Crippen molar-refractivity contribution in [3.63, 3.8) is 0 Å². The fraction of sp³-hybridized carbons (Fsp3) is 0.167. The average Bonchev–Trinajstić information content (AvgIpc) is 3.17. The van der Waals surface area contributed by atoms with E-state index in [1.807, 2.05) is 54.6 Å². The van der Waals surface area contributed by atoms with Gasteiger partial charge >= 0.3 is 0 Å². The summed E-state index contributed by atoms with van der Waals surface area (Å²) >= 11 is 0. The van der Waals surface area contributed by atoms with Crippen LogP contribution < -0.4 is 4.74 Å². The van der Waals surface area contributed by atoms with Gasteiger partial charge in [0.1, 0.15) is 18.1 Å². The van der Waals surface area contributed by atoms with Crippen molar-refractivity contribution in [3.8, 4) is 5.75 Å². The minimum Gasteiger partial charge on any atom is -0.489 e. The number of rotatable bonds is 8. The highest BCUT2D eigenvalue weighted by Gasteiger charge is 2.17. The Morgan fingerprint density at radius 1 is 1.00 bits per heavy atom. The second-order valence-electron chi connectivity index (χ2n) is 5.43. The number of H-pyrrole nitrogens is 1. The molecular formula is C18H16N4O3. The Labute approximate surface area is 144 Å². The van der Waals surface area contributed by atoms with Crippen molar-refractivity contribution < 1.29 is 14.3 Å². The number of ether oxygens (including phenoxy) is 1. The zero-order valence-electron chi connectivity index (χ0n) is 13.4. The van der Waals surface area contributed by atoms with Crippen LogP contribution in [0.1, 0.15) is 28.2 Å². The van der Waals surface area contributed by atoms with E-state index in [0.29, 0.717) is 12.4 Å². The second-order valence-corrected chi connectivity index (χ2v) is 5.43. The Morgan fingerprint density at radius 2 is 1.76 bits per heavy atom.